The van der Waals surface area contributed by atoms with Crippen LogP contribution in [0.4, 0.5) is 0 Å². The normalized spacial score (nSPS) is 10.0. The minimum absolute atomic E-state index is 0.330. The molecule has 1 amide bonds. The second-order valence-electron chi connectivity index (χ2n) is 4.13. The smallest absolute Gasteiger partial charge is 0.265 e. The summed E-state index contributed by atoms with van der Waals surface area (Å²) in [5.41, 5.74) is 2.56. The highest BCUT2D eigenvalue weighted by atomic mass is 127. The molecule has 0 unspecified atom stereocenters. The lowest BCUT2D eigenvalue weighted by atomic mass is 10.2. The highest BCUT2D eigenvalue weighted by molar-refractivity contribution is 14.1. The first-order chi connectivity index (χ1) is 10.2. The minimum Gasteiger partial charge on any atom is -0.490 e. The lowest BCUT2D eigenvalue weighted by molar-refractivity contribution is 0.0953. The van der Waals surface area contributed by atoms with E-state index >= 15 is 0 Å². The second kappa shape index (κ2) is 7.84. The summed E-state index contributed by atoms with van der Waals surface area (Å²) in [7, 11) is 0. The van der Waals surface area contributed by atoms with Crippen molar-refractivity contribution in [3.05, 3.63) is 57.7 Å². The average molecular weight is 398 g/mol. The van der Waals surface area contributed by atoms with E-state index in [9.17, 15) is 4.79 Å². The highest BCUT2D eigenvalue weighted by Crippen LogP contribution is 2.19. The Labute approximate surface area is 136 Å². The fraction of sp³-hybridized carbons (Fsp3) is 0.133. The van der Waals surface area contributed by atoms with E-state index in [0.717, 1.165) is 9.32 Å². The molecule has 2 aromatic rings. The SMILES string of the molecule is NNC(=O)c1ccc(OCCOc2ccccc2I)cc1. The van der Waals surface area contributed by atoms with E-state index in [-0.39, 0.29) is 5.91 Å². The third-order valence-electron chi connectivity index (χ3n) is 2.69. The maximum atomic E-state index is 11.3. The van der Waals surface area contributed by atoms with Gasteiger partial charge >= 0.3 is 0 Å². The molecule has 0 saturated heterocycles. The van der Waals surface area contributed by atoms with Gasteiger partial charge in [0.1, 0.15) is 24.7 Å². The second-order valence-corrected chi connectivity index (χ2v) is 5.29. The monoisotopic (exact) mass is 398 g/mol. The van der Waals surface area contributed by atoms with Gasteiger partial charge in [0.25, 0.3) is 5.91 Å². The quantitative estimate of drug-likeness (QED) is 0.258. The number of amides is 1. The molecule has 0 aliphatic rings. The molecule has 0 aliphatic carbocycles. The molecule has 6 heteroatoms. The summed E-state index contributed by atoms with van der Waals surface area (Å²) in [6, 6.07) is 14.5. The van der Waals surface area contributed by atoms with E-state index < -0.39 is 0 Å². The number of hydrogen-bond acceptors (Lipinski definition) is 4. The topological polar surface area (TPSA) is 73.6 Å². The predicted molar refractivity (Wildman–Crippen MR) is 88.2 cm³/mol. The standard InChI is InChI=1S/C15H15IN2O3/c16-13-3-1-2-4-14(13)21-10-9-20-12-7-5-11(6-8-12)15(19)18-17/h1-8H,9-10,17H2,(H,18,19). The molecule has 110 valence electrons. The van der Waals surface area contributed by atoms with Crippen LogP contribution in [-0.4, -0.2) is 19.1 Å². The van der Waals surface area contributed by atoms with Crippen LogP contribution in [0.2, 0.25) is 0 Å². The molecule has 2 aromatic carbocycles. The van der Waals surface area contributed by atoms with Crippen LogP contribution < -0.4 is 20.7 Å². The van der Waals surface area contributed by atoms with Crippen molar-refractivity contribution in [2.45, 2.75) is 0 Å². The molecular weight excluding hydrogens is 383 g/mol. The van der Waals surface area contributed by atoms with Gasteiger partial charge in [-0.05, 0) is 59.0 Å². The first-order valence-electron chi connectivity index (χ1n) is 6.32. The van der Waals surface area contributed by atoms with E-state index in [1.807, 2.05) is 24.3 Å². The van der Waals surface area contributed by atoms with Crippen molar-refractivity contribution in [3.8, 4) is 11.5 Å². The first kappa shape index (κ1) is 15.6. The number of hydrogen-bond donors (Lipinski definition) is 2. The molecule has 0 heterocycles. The van der Waals surface area contributed by atoms with E-state index in [4.69, 9.17) is 15.3 Å². The Morgan fingerprint density at radius 2 is 1.71 bits per heavy atom. The molecule has 0 saturated carbocycles. The Kier molecular flexibility index (Phi) is 5.82. The van der Waals surface area contributed by atoms with Gasteiger partial charge in [-0.25, -0.2) is 5.84 Å². The third kappa shape index (κ3) is 4.61. The van der Waals surface area contributed by atoms with Crippen LogP contribution in [-0.2, 0) is 0 Å². The number of ether oxygens (including phenoxy) is 2. The lowest BCUT2D eigenvalue weighted by Gasteiger charge is -2.09. The Hall–Kier alpha value is -1.80. The summed E-state index contributed by atoms with van der Waals surface area (Å²) in [4.78, 5) is 11.3. The maximum Gasteiger partial charge on any atom is 0.265 e. The molecular formula is C15H15IN2O3. The van der Waals surface area contributed by atoms with Gasteiger partial charge in [-0.1, -0.05) is 12.1 Å². The molecule has 0 radical (unpaired) electrons. The lowest BCUT2D eigenvalue weighted by Crippen LogP contribution is -2.29. The van der Waals surface area contributed by atoms with E-state index in [1.165, 1.54) is 0 Å². The average Bonchev–Trinajstić information content (AvgIpc) is 2.53. The molecule has 0 fully saturated rings. The molecule has 3 N–H and O–H groups in total. The summed E-state index contributed by atoms with van der Waals surface area (Å²) in [5.74, 6) is 6.25. The van der Waals surface area contributed by atoms with E-state index in [0.29, 0.717) is 24.5 Å². The molecule has 0 aliphatic heterocycles. The Morgan fingerprint density at radius 3 is 2.38 bits per heavy atom. The summed E-state index contributed by atoms with van der Waals surface area (Å²) in [5, 5.41) is 0. The summed E-state index contributed by atoms with van der Waals surface area (Å²) in [6.45, 7) is 0.873. The van der Waals surface area contributed by atoms with Crippen LogP contribution in [0.25, 0.3) is 0 Å². The molecule has 5 nitrogen and oxygen atoms in total. The van der Waals surface area contributed by atoms with Gasteiger partial charge in [-0.3, -0.25) is 10.2 Å². The van der Waals surface area contributed by atoms with Gasteiger partial charge in [-0.15, -0.1) is 0 Å². The van der Waals surface area contributed by atoms with Crippen LogP contribution in [0, 0.1) is 3.57 Å². The predicted octanol–water partition coefficient (Wildman–Crippen LogP) is 2.35. The van der Waals surface area contributed by atoms with Crippen LogP contribution in [0.1, 0.15) is 10.4 Å². The van der Waals surface area contributed by atoms with Crippen LogP contribution >= 0.6 is 22.6 Å². The molecule has 0 bridgehead atoms. The number of nitrogens with two attached hydrogens (primary N) is 1. The zero-order valence-corrected chi connectivity index (χ0v) is 13.4. The van der Waals surface area contributed by atoms with Crippen LogP contribution in [0.3, 0.4) is 0 Å². The number of carbonyl (C=O) groups is 1. The Balaban J connectivity index is 1.79. The number of carbonyl (C=O) groups excluding carboxylic acids is 1. The molecule has 0 spiro atoms. The third-order valence-corrected chi connectivity index (χ3v) is 3.59. The van der Waals surface area contributed by atoms with Gasteiger partial charge in [0.05, 0.1) is 3.57 Å². The highest BCUT2D eigenvalue weighted by Gasteiger charge is 2.03. The molecule has 21 heavy (non-hydrogen) atoms. The summed E-state index contributed by atoms with van der Waals surface area (Å²) in [6.07, 6.45) is 0. The van der Waals surface area contributed by atoms with Gasteiger partial charge < -0.3 is 9.47 Å². The van der Waals surface area contributed by atoms with Crippen LogP contribution in [0.15, 0.2) is 48.5 Å². The fourth-order valence-corrected chi connectivity index (χ4v) is 2.20. The van der Waals surface area contributed by atoms with Crippen molar-refractivity contribution >= 4 is 28.5 Å². The van der Waals surface area contributed by atoms with Crippen molar-refractivity contribution in [2.24, 2.45) is 5.84 Å². The zero-order valence-electron chi connectivity index (χ0n) is 11.2. The number of halogens is 1. The van der Waals surface area contributed by atoms with Gasteiger partial charge in [0.15, 0.2) is 0 Å². The number of nitrogens with one attached hydrogen (secondary N) is 1. The summed E-state index contributed by atoms with van der Waals surface area (Å²) >= 11 is 2.22. The Morgan fingerprint density at radius 1 is 1.05 bits per heavy atom. The number of nitrogen functional groups attached to an aromatic ring is 1. The largest absolute Gasteiger partial charge is 0.490 e. The summed E-state index contributed by atoms with van der Waals surface area (Å²) < 4.78 is 12.2. The number of rotatable bonds is 6. The minimum atomic E-state index is -0.330. The molecule has 0 atom stereocenters. The van der Waals surface area contributed by atoms with Gasteiger partial charge in [0.2, 0.25) is 0 Å². The first-order valence-corrected chi connectivity index (χ1v) is 7.39. The van der Waals surface area contributed by atoms with Crippen molar-refractivity contribution < 1.29 is 14.3 Å². The van der Waals surface area contributed by atoms with Gasteiger partial charge in [-0.2, -0.15) is 0 Å². The van der Waals surface area contributed by atoms with Crippen molar-refractivity contribution in [1.82, 2.24) is 5.43 Å². The fourth-order valence-electron chi connectivity index (χ4n) is 1.66. The number of para-hydroxylation sites is 1. The van der Waals surface area contributed by atoms with Crippen LogP contribution in [0.5, 0.6) is 11.5 Å². The van der Waals surface area contributed by atoms with Crippen molar-refractivity contribution in [1.29, 1.82) is 0 Å². The zero-order chi connectivity index (χ0) is 15.1. The molecule has 2 rings (SSSR count). The number of hydrazine groups is 1. The van der Waals surface area contributed by atoms with Crippen molar-refractivity contribution in [2.75, 3.05) is 13.2 Å². The Bertz CT molecular complexity index is 602. The van der Waals surface area contributed by atoms with Gasteiger partial charge in [0, 0.05) is 5.56 Å². The van der Waals surface area contributed by atoms with Crippen molar-refractivity contribution in [3.63, 3.8) is 0 Å². The van der Waals surface area contributed by atoms with E-state index in [2.05, 4.69) is 28.0 Å². The number of benzene rings is 2. The van der Waals surface area contributed by atoms with E-state index in [1.54, 1.807) is 24.3 Å². The maximum absolute atomic E-state index is 11.3. The molecule has 0 aromatic heterocycles.